The number of nitrogens with zero attached hydrogens (tertiary/aromatic N) is 2. The molecule has 0 spiro atoms. The van der Waals surface area contributed by atoms with Crippen molar-refractivity contribution in [2.24, 2.45) is 5.73 Å². The topological polar surface area (TPSA) is 71.2 Å². The van der Waals surface area contributed by atoms with E-state index in [0.717, 1.165) is 22.3 Å². The number of likely N-dealkylation sites (N-methyl/N-ethyl adjacent to an activating group) is 2. The van der Waals surface area contributed by atoms with E-state index in [1.807, 2.05) is 42.2 Å². The summed E-state index contributed by atoms with van der Waals surface area (Å²) < 4.78 is 0. The van der Waals surface area contributed by atoms with Crippen LogP contribution in [0.2, 0.25) is 0 Å². The van der Waals surface area contributed by atoms with Gasteiger partial charge in [-0.25, -0.2) is 4.98 Å². The van der Waals surface area contributed by atoms with E-state index in [-0.39, 0.29) is 5.91 Å². The number of para-hydroxylation sites is 1. The Labute approximate surface area is 118 Å². The summed E-state index contributed by atoms with van der Waals surface area (Å²) in [6.07, 6.45) is 0. The molecule has 106 valence electrons. The summed E-state index contributed by atoms with van der Waals surface area (Å²) in [5, 5.41) is 3.70. The van der Waals surface area contributed by atoms with Crippen molar-refractivity contribution in [1.29, 1.82) is 0 Å². The molecule has 0 aliphatic rings. The summed E-state index contributed by atoms with van der Waals surface area (Å²) in [6.45, 7) is 3.46. The minimum absolute atomic E-state index is 0.0314. The van der Waals surface area contributed by atoms with Gasteiger partial charge < -0.3 is 16.0 Å². The van der Waals surface area contributed by atoms with Crippen LogP contribution in [0.25, 0.3) is 10.9 Å². The summed E-state index contributed by atoms with van der Waals surface area (Å²) >= 11 is 0. The van der Waals surface area contributed by atoms with Crippen molar-refractivity contribution in [1.82, 2.24) is 10.3 Å². The minimum Gasteiger partial charge on any atom is -0.358 e. The van der Waals surface area contributed by atoms with E-state index in [0.29, 0.717) is 19.6 Å². The van der Waals surface area contributed by atoms with Gasteiger partial charge in [-0.15, -0.1) is 0 Å². The van der Waals surface area contributed by atoms with Gasteiger partial charge in [0.15, 0.2) is 0 Å². The van der Waals surface area contributed by atoms with Gasteiger partial charge in [0.05, 0.1) is 12.1 Å². The highest BCUT2D eigenvalue weighted by molar-refractivity contribution is 5.85. The van der Waals surface area contributed by atoms with Gasteiger partial charge in [0.25, 0.3) is 0 Å². The molecule has 0 bridgehead atoms. The molecule has 0 fully saturated rings. The standard InChI is InChI=1S/C15H20N4O/c1-3-19(10-15(20)17-2)14-8-11(9-16)12-6-4-5-7-13(12)18-14/h4-8H,3,9-10,16H2,1-2H3,(H,17,20). The van der Waals surface area contributed by atoms with Crippen molar-refractivity contribution < 1.29 is 4.79 Å². The molecule has 1 aromatic heterocycles. The first kappa shape index (κ1) is 14.3. The molecule has 0 radical (unpaired) electrons. The molecule has 0 aliphatic heterocycles. The van der Waals surface area contributed by atoms with E-state index in [4.69, 9.17) is 5.73 Å². The van der Waals surface area contributed by atoms with E-state index in [2.05, 4.69) is 10.3 Å². The number of aromatic nitrogens is 1. The van der Waals surface area contributed by atoms with Crippen LogP contribution in [0.5, 0.6) is 0 Å². The molecule has 0 saturated carbocycles. The van der Waals surface area contributed by atoms with E-state index < -0.39 is 0 Å². The van der Waals surface area contributed by atoms with Crippen LogP contribution in [0.1, 0.15) is 12.5 Å². The number of hydrogen-bond donors (Lipinski definition) is 2. The SMILES string of the molecule is CCN(CC(=O)NC)c1cc(CN)c2ccccc2n1. The molecule has 0 atom stereocenters. The molecule has 3 N–H and O–H groups in total. The van der Waals surface area contributed by atoms with Gasteiger partial charge >= 0.3 is 0 Å². The summed E-state index contributed by atoms with van der Waals surface area (Å²) in [5.74, 6) is 0.756. The molecule has 2 aromatic rings. The lowest BCUT2D eigenvalue weighted by Gasteiger charge is -2.22. The largest absolute Gasteiger partial charge is 0.358 e. The third-order valence-electron chi connectivity index (χ3n) is 3.33. The number of anilines is 1. The van der Waals surface area contributed by atoms with Crippen LogP contribution in [0.4, 0.5) is 5.82 Å². The predicted molar refractivity (Wildman–Crippen MR) is 81.6 cm³/mol. The molecule has 0 aliphatic carbocycles. The molecule has 0 unspecified atom stereocenters. The number of nitrogens with two attached hydrogens (primary N) is 1. The first-order valence-electron chi connectivity index (χ1n) is 6.73. The number of amides is 1. The number of pyridine rings is 1. The Hall–Kier alpha value is -2.14. The lowest BCUT2D eigenvalue weighted by Crippen LogP contribution is -2.36. The zero-order valence-electron chi connectivity index (χ0n) is 11.9. The summed E-state index contributed by atoms with van der Waals surface area (Å²) in [5.41, 5.74) is 7.77. The Morgan fingerprint density at radius 2 is 2.15 bits per heavy atom. The van der Waals surface area contributed by atoms with Crippen LogP contribution in [0.3, 0.4) is 0 Å². The summed E-state index contributed by atoms with van der Waals surface area (Å²) in [6, 6.07) is 9.88. The molecular formula is C15H20N4O. The fourth-order valence-electron chi connectivity index (χ4n) is 2.17. The van der Waals surface area contributed by atoms with Crippen molar-refractivity contribution in [3.05, 3.63) is 35.9 Å². The van der Waals surface area contributed by atoms with Gasteiger partial charge in [0.2, 0.25) is 5.91 Å². The van der Waals surface area contributed by atoms with Gasteiger partial charge in [0, 0.05) is 25.5 Å². The van der Waals surface area contributed by atoms with E-state index in [1.165, 1.54) is 0 Å². The van der Waals surface area contributed by atoms with Gasteiger partial charge in [-0.1, -0.05) is 18.2 Å². The van der Waals surface area contributed by atoms with Crippen molar-refractivity contribution in [2.45, 2.75) is 13.5 Å². The molecule has 20 heavy (non-hydrogen) atoms. The van der Waals surface area contributed by atoms with Gasteiger partial charge in [0.1, 0.15) is 5.82 Å². The third-order valence-corrected chi connectivity index (χ3v) is 3.33. The maximum atomic E-state index is 11.6. The zero-order valence-corrected chi connectivity index (χ0v) is 11.9. The molecule has 1 aromatic carbocycles. The Bertz CT molecular complexity index is 612. The number of carbonyl (C=O) groups is 1. The highest BCUT2D eigenvalue weighted by Crippen LogP contribution is 2.22. The first-order chi connectivity index (χ1) is 9.69. The molecule has 0 saturated heterocycles. The smallest absolute Gasteiger partial charge is 0.239 e. The van der Waals surface area contributed by atoms with E-state index >= 15 is 0 Å². The molecular weight excluding hydrogens is 252 g/mol. The predicted octanol–water partition coefficient (Wildman–Crippen LogP) is 1.27. The van der Waals surface area contributed by atoms with Crippen LogP contribution in [0, 0.1) is 0 Å². The maximum Gasteiger partial charge on any atom is 0.239 e. The average Bonchev–Trinajstić information content (AvgIpc) is 2.51. The molecule has 5 heteroatoms. The Morgan fingerprint density at radius 3 is 2.80 bits per heavy atom. The second-order valence-corrected chi connectivity index (χ2v) is 4.55. The van der Waals surface area contributed by atoms with Crippen molar-refractivity contribution in [2.75, 3.05) is 25.0 Å². The maximum absolute atomic E-state index is 11.6. The second-order valence-electron chi connectivity index (χ2n) is 4.55. The number of fused-ring (bicyclic) bond motifs is 1. The normalized spacial score (nSPS) is 10.6. The van der Waals surface area contributed by atoms with Gasteiger partial charge in [-0.2, -0.15) is 0 Å². The van der Waals surface area contributed by atoms with Crippen LogP contribution in [0.15, 0.2) is 30.3 Å². The number of rotatable bonds is 5. The molecule has 5 nitrogen and oxygen atoms in total. The second kappa shape index (κ2) is 6.34. The van der Waals surface area contributed by atoms with Crippen LogP contribution < -0.4 is 16.0 Å². The quantitative estimate of drug-likeness (QED) is 0.859. The van der Waals surface area contributed by atoms with E-state index in [9.17, 15) is 4.79 Å². The first-order valence-corrected chi connectivity index (χ1v) is 6.73. The number of nitrogens with one attached hydrogen (secondary N) is 1. The van der Waals surface area contributed by atoms with Gasteiger partial charge in [-0.3, -0.25) is 4.79 Å². The average molecular weight is 272 g/mol. The lowest BCUT2D eigenvalue weighted by atomic mass is 10.1. The lowest BCUT2D eigenvalue weighted by molar-refractivity contribution is -0.119. The van der Waals surface area contributed by atoms with Crippen LogP contribution in [-0.4, -0.2) is 31.0 Å². The zero-order chi connectivity index (χ0) is 14.5. The minimum atomic E-state index is -0.0314. The van der Waals surface area contributed by atoms with Crippen LogP contribution in [-0.2, 0) is 11.3 Å². The highest BCUT2D eigenvalue weighted by atomic mass is 16.1. The van der Waals surface area contributed by atoms with Gasteiger partial charge in [-0.05, 0) is 24.6 Å². The molecule has 1 amide bonds. The molecule has 1 heterocycles. The highest BCUT2D eigenvalue weighted by Gasteiger charge is 2.12. The fraction of sp³-hybridized carbons (Fsp3) is 0.333. The Balaban J connectivity index is 2.45. The summed E-state index contributed by atoms with van der Waals surface area (Å²) in [7, 11) is 1.63. The summed E-state index contributed by atoms with van der Waals surface area (Å²) in [4.78, 5) is 18.1. The monoisotopic (exact) mass is 272 g/mol. The van der Waals surface area contributed by atoms with Crippen molar-refractivity contribution in [3.63, 3.8) is 0 Å². The number of carbonyl (C=O) groups excluding carboxylic acids is 1. The Morgan fingerprint density at radius 1 is 1.40 bits per heavy atom. The number of benzene rings is 1. The Kier molecular flexibility index (Phi) is 4.53. The van der Waals surface area contributed by atoms with Crippen molar-refractivity contribution in [3.8, 4) is 0 Å². The van der Waals surface area contributed by atoms with E-state index in [1.54, 1.807) is 7.05 Å². The number of hydrogen-bond acceptors (Lipinski definition) is 4. The third kappa shape index (κ3) is 2.88. The molecule has 2 rings (SSSR count). The fourth-order valence-corrected chi connectivity index (χ4v) is 2.17. The van der Waals surface area contributed by atoms with Crippen LogP contribution >= 0.6 is 0 Å². The van der Waals surface area contributed by atoms with Crippen molar-refractivity contribution >= 4 is 22.6 Å².